The Morgan fingerprint density at radius 1 is 1.57 bits per heavy atom. The van der Waals surface area contributed by atoms with Crippen molar-refractivity contribution >= 4 is 11.9 Å². The normalized spacial score (nSPS) is 9.86. The zero-order valence-corrected chi connectivity index (χ0v) is 7.83. The molecule has 0 aromatic carbocycles. The summed E-state index contributed by atoms with van der Waals surface area (Å²) in [4.78, 5) is 24.8. The standard InChI is InChI=1S/C8H10N2O4/c1-4-7(8(12)13)10-6(14-4)3-9-5(2)11/h3H2,1-2H3,(H,9,11)(H,12,13). The predicted molar refractivity (Wildman–Crippen MR) is 45.7 cm³/mol. The first kappa shape index (κ1) is 10.2. The lowest BCUT2D eigenvalue weighted by Crippen LogP contribution is -2.19. The van der Waals surface area contributed by atoms with Gasteiger partial charge in [-0.1, -0.05) is 0 Å². The van der Waals surface area contributed by atoms with E-state index in [1.807, 2.05) is 0 Å². The van der Waals surface area contributed by atoms with Gasteiger partial charge in [-0.25, -0.2) is 9.78 Å². The highest BCUT2D eigenvalue weighted by Gasteiger charge is 2.15. The fourth-order valence-electron chi connectivity index (χ4n) is 0.925. The zero-order chi connectivity index (χ0) is 10.7. The number of nitrogens with one attached hydrogen (secondary N) is 1. The lowest BCUT2D eigenvalue weighted by Gasteiger charge is -1.94. The average molecular weight is 198 g/mol. The molecule has 0 atom stereocenters. The van der Waals surface area contributed by atoms with E-state index in [9.17, 15) is 9.59 Å². The highest BCUT2D eigenvalue weighted by Crippen LogP contribution is 2.09. The van der Waals surface area contributed by atoms with Gasteiger partial charge >= 0.3 is 5.97 Å². The van der Waals surface area contributed by atoms with E-state index < -0.39 is 5.97 Å². The van der Waals surface area contributed by atoms with Crippen molar-refractivity contribution in [2.24, 2.45) is 0 Å². The minimum absolute atomic E-state index is 0.101. The van der Waals surface area contributed by atoms with Crippen LogP contribution >= 0.6 is 0 Å². The molecular formula is C8H10N2O4. The van der Waals surface area contributed by atoms with Crippen molar-refractivity contribution in [2.75, 3.05) is 0 Å². The van der Waals surface area contributed by atoms with Crippen LogP contribution in [0.5, 0.6) is 0 Å². The number of aromatic nitrogens is 1. The fraction of sp³-hybridized carbons (Fsp3) is 0.375. The van der Waals surface area contributed by atoms with E-state index >= 15 is 0 Å². The van der Waals surface area contributed by atoms with Gasteiger partial charge in [0, 0.05) is 6.92 Å². The molecule has 6 heteroatoms. The Labute approximate surface area is 79.9 Å². The number of aromatic carboxylic acids is 1. The number of rotatable bonds is 3. The maximum absolute atomic E-state index is 10.6. The van der Waals surface area contributed by atoms with Gasteiger partial charge in [-0.05, 0) is 6.92 Å². The number of aryl methyl sites for hydroxylation is 1. The minimum atomic E-state index is -1.14. The Balaban J connectivity index is 2.76. The van der Waals surface area contributed by atoms with Crippen molar-refractivity contribution in [3.05, 3.63) is 17.3 Å². The highest BCUT2D eigenvalue weighted by atomic mass is 16.4. The molecular weight excluding hydrogens is 188 g/mol. The molecule has 0 bridgehead atoms. The van der Waals surface area contributed by atoms with E-state index in [0.29, 0.717) is 0 Å². The molecule has 6 nitrogen and oxygen atoms in total. The molecule has 0 aliphatic carbocycles. The summed E-state index contributed by atoms with van der Waals surface area (Å²) < 4.78 is 5.02. The molecule has 0 aliphatic heterocycles. The van der Waals surface area contributed by atoms with Crippen LogP contribution in [-0.4, -0.2) is 22.0 Å². The molecule has 2 N–H and O–H groups in total. The fourth-order valence-corrected chi connectivity index (χ4v) is 0.925. The van der Waals surface area contributed by atoms with E-state index in [1.54, 1.807) is 0 Å². The van der Waals surface area contributed by atoms with Gasteiger partial charge in [-0.2, -0.15) is 0 Å². The molecule has 1 heterocycles. The number of amides is 1. The van der Waals surface area contributed by atoms with Gasteiger partial charge in [-0.15, -0.1) is 0 Å². The molecule has 0 unspecified atom stereocenters. The van der Waals surface area contributed by atoms with Crippen molar-refractivity contribution in [1.82, 2.24) is 10.3 Å². The van der Waals surface area contributed by atoms with Crippen molar-refractivity contribution < 1.29 is 19.1 Å². The lowest BCUT2D eigenvalue weighted by molar-refractivity contribution is -0.119. The third-order valence-electron chi connectivity index (χ3n) is 1.53. The van der Waals surface area contributed by atoms with Gasteiger partial charge in [0.1, 0.15) is 5.76 Å². The molecule has 0 fully saturated rings. The quantitative estimate of drug-likeness (QED) is 0.729. The summed E-state index contributed by atoms with van der Waals surface area (Å²) in [7, 11) is 0. The molecule has 0 saturated carbocycles. The van der Waals surface area contributed by atoms with Gasteiger partial charge in [-0.3, -0.25) is 4.79 Å². The molecule has 1 amide bonds. The molecule has 0 radical (unpaired) electrons. The number of oxazole rings is 1. The number of carboxylic acids is 1. The molecule has 14 heavy (non-hydrogen) atoms. The second-order valence-electron chi connectivity index (χ2n) is 2.73. The van der Waals surface area contributed by atoms with Crippen molar-refractivity contribution in [3.63, 3.8) is 0 Å². The third-order valence-corrected chi connectivity index (χ3v) is 1.53. The van der Waals surface area contributed by atoms with Gasteiger partial charge < -0.3 is 14.8 Å². The summed E-state index contributed by atoms with van der Waals surface area (Å²) in [6, 6.07) is 0. The minimum Gasteiger partial charge on any atom is -0.476 e. The van der Waals surface area contributed by atoms with E-state index in [2.05, 4.69) is 10.3 Å². The summed E-state index contributed by atoms with van der Waals surface area (Å²) >= 11 is 0. The van der Waals surface area contributed by atoms with Crippen LogP contribution in [-0.2, 0) is 11.3 Å². The van der Waals surface area contributed by atoms with Crippen LogP contribution in [0.2, 0.25) is 0 Å². The number of carboxylic acid groups (broad SMARTS) is 1. The van der Waals surface area contributed by atoms with Crippen molar-refractivity contribution in [2.45, 2.75) is 20.4 Å². The molecule has 1 rings (SSSR count). The molecule has 0 spiro atoms. The van der Waals surface area contributed by atoms with E-state index in [4.69, 9.17) is 9.52 Å². The number of carbonyl (C=O) groups excluding carboxylic acids is 1. The van der Waals surface area contributed by atoms with Crippen LogP contribution in [0.3, 0.4) is 0 Å². The molecule has 76 valence electrons. The monoisotopic (exact) mass is 198 g/mol. The Morgan fingerprint density at radius 2 is 2.21 bits per heavy atom. The van der Waals surface area contributed by atoms with Crippen LogP contribution in [0.25, 0.3) is 0 Å². The van der Waals surface area contributed by atoms with Crippen LogP contribution in [0.1, 0.15) is 29.1 Å². The maximum atomic E-state index is 10.6. The Kier molecular flexibility index (Phi) is 2.85. The summed E-state index contributed by atoms with van der Waals surface area (Å²) in [5, 5.41) is 11.1. The molecule has 0 aliphatic rings. The SMILES string of the molecule is CC(=O)NCc1nc(C(=O)O)c(C)o1. The maximum Gasteiger partial charge on any atom is 0.358 e. The topological polar surface area (TPSA) is 92.4 Å². The Bertz CT molecular complexity index is 369. The van der Waals surface area contributed by atoms with Crippen LogP contribution in [0.4, 0.5) is 0 Å². The van der Waals surface area contributed by atoms with E-state index in [1.165, 1.54) is 13.8 Å². The molecule has 1 aromatic rings. The molecule has 0 saturated heterocycles. The first-order valence-corrected chi connectivity index (χ1v) is 3.94. The van der Waals surface area contributed by atoms with Gasteiger partial charge in [0.05, 0.1) is 6.54 Å². The summed E-state index contributed by atoms with van der Waals surface area (Å²) in [6.45, 7) is 2.96. The van der Waals surface area contributed by atoms with Crippen molar-refractivity contribution in [3.8, 4) is 0 Å². The van der Waals surface area contributed by atoms with Gasteiger partial charge in [0.15, 0.2) is 5.69 Å². The molecule has 1 aromatic heterocycles. The first-order valence-electron chi connectivity index (χ1n) is 3.94. The zero-order valence-electron chi connectivity index (χ0n) is 7.83. The van der Waals surface area contributed by atoms with Crippen LogP contribution < -0.4 is 5.32 Å². The summed E-state index contributed by atoms with van der Waals surface area (Å²) in [5.74, 6) is -0.939. The largest absolute Gasteiger partial charge is 0.476 e. The predicted octanol–water partition coefficient (Wildman–Crippen LogP) is 0.317. The van der Waals surface area contributed by atoms with Gasteiger partial charge in [0.2, 0.25) is 11.8 Å². The Hall–Kier alpha value is -1.85. The first-order chi connectivity index (χ1) is 6.50. The Morgan fingerprint density at radius 3 is 2.64 bits per heavy atom. The van der Waals surface area contributed by atoms with Gasteiger partial charge in [0.25, 0.3) is 0 Å². The second kappa shape index (κ2) is 3.91. The average Bonchev–Trinajstić information content (AvgIpc) is 2.43. The highest BCUT2D eigenvalue weighted by molar-refractivity contribution is 5.86. The number of carbonyl (C=O) groups is 2. The van der Waals surface area contributed by atoms with Crippen LogP contribution in [0.15, 0.2) is 4.42 Å². The smallest absolute Gasteiger partial charge is 0.358 e. The van der Waals surface area contributed by atoms with Crippen LogP contribution in [0, 0.1) is 6.92 Å². The number of nitrogens with zero attached hydrogens (tertiary/aromatic N) is 1. The van der Waals surface area contributed by atoms with Crippen molar-refractivity contribution in [1.29, 1.82) is 0 Å². The third kappa shape index (κ3) is 2.32. The number of hydrogen-bond donors (Lipinski definition) is 2. The lowest BCUT2D eigenvalue weighted by atomic mass is 10.4. The van der Waals surface area contributed by atoms with E-state index in [0.717, 1.165) is 0 Å². The number of hydrogen-bond acceptors (Lipinski definition) is 4. The summed E-state index contributed by atoms with van der Waals surface area (Å²) in [5.41, 5.74) is -0.120. The summed E-state index contributed by atoms with van der Waals surface area (Å²) in [6.07, 6.45) is 0. The van der Waals surface area contributed by atoms with E-state index in [-0.39, 0.29) is 29.8 Å². The second-order valence-corrected chi connectivity index (χ2v) is 2.73.